The van der Waals surface area contributed by atoms with Crippen molar-refractivity contribution >= 4 is 21.8 Å². The van der Waals surface area contributed by atoms with Gasteiger partial charge < -0.3 is 4.74 Å². The molecule has 0 amide bonds. The van der Waals surface area contributed by atoms with Crippen molar-refractivity contribution in [3.05, 3.63) is 12.3 Å². The summed E-state index contributed by atoms with van der Waals surface area (Å²) in [5.74, 6) is 0.462. The molecule has 2 N–H and O–H groups in total. The van der Waals surface area contributed by atoms with Crippen LogP contribution < -0.4 is 9.88 Å². The van der Waals surface area contributed by atoms with Crippen molar-refractivity contribution < 1.29 is 13.2 Å². The van der Waals surface area contributed by atoms with Gasteiger partial charge in [-0.2, -0.15) is 0 Å². The van der Waals surface area contributed by atoms with E-state index >= 15 is 0 Å². The van der Waals surface area contributed by atoms with Gasteiger partial charge in [0.2, 0.25) is 10.0 Å². The molecule has 0 radical (unpaired) electrons. The molecule has 0 aliphatic heterocycles. The van der Waals surface area contributed by atoms with Gasteiger partial charge in [-0.3, -0.25) is 0 Å². The fraction of sp³-hybridized carbons (Fsp3) is 0.444. The number of rotatable bonds is 4. The summed E-state index contributed by atoms with van der Waals surface area (Å²) < 4.78 is 28.1. The number of sulfonamides is 1. The van der Waals surface area contributed by atoms with Crippen molar-refractivity contribution in [2.45, 2.75) is 28.9 Å². The largest absolute Gasteiger partial charge is 0.489 e. The van der Waals surface area contributed by atoms with Crippen LogP contribution in [0.4, 0.5) is 0 Å². The topological polar surface area (TPSA) is 82.3 Å². The number of hydrogen-bond donors (Lipinski definition) is 1. The minimum absolute atomic E-state index is 0.0261. The van der Waals surface area contributed by atoms with Crippen LogP contribution in [0.15, 0.2) is 22.2 Å². The van der Waals surface area contributed by atoms with Crippen LogP contribution in [0, 0.1) is 0 Å². The Balaban J connectivity index is 2.37. The zero-order valence-electron chi connectivity index (χ0n) is 8.71. The van der Waals surface area contributed by atoms with Gasteiger partial charge in [0.1, 0.15) is 15.7 Å². The summed E-state index contributed by atoms with van der Waals surface area (Å²) in [7, 11) is -3.75. The standard InChI is InChI=1S/C9H12N2O3S2/c1-15-9-8(16(10,12)13)4-7(5-11-9)14-6-2-3-6/h4-6H,2-3H2,1H3,(H2,10,12,13). The minimum atomic E-state index is -3.75. The first-order valence-corrected chi connectivity index (χ1v) is 7.51. The van der Waals surface area contributed by atoms with Crippen molar-refractivity contribution in [1.29, 1.82) is 0 Å². The molecule has 0 aromatic carbocycles. The van der Waals surface area contributed by atoms with Gasteiger partial charge in [0.15, 0.2) is 0 Å². The quantitative estimate of drug-likeness (QED) is 0.816. The molecule has 0 unspecified atom stereocenters. The number of hydrogen-bond acceptors (Lipinski definition) is 5. The summed E-state index contributed by atoms with van der Waals surface area (Å²) in [6.07, 6.45) is 5.50. The van der Waals surface area contributed by atoms with Crippen LogP contribution in [-0.2, 0) is 10.0 Å². The molecule has 1 aliphatic rings. The predicted octanol–water partition coefficient (Wildman–Crippen LogP) is 0.992. The van der Waals surface area contributed by atoms with Gasteiger partial charge in [0.25, 0.3) is 0 Å². The maximum absolute atomic E-state index is 11.3. The third kappa shape index (κ3) is 2.66. The number of primary sulfonamides is 1. The summed E-state index contributed by atoms with van der Waals surface area (Å²) in [6, 6.07) is 1.44. The normalized spacial score (nSPS) is 16.1. The molecule has 7 heteroatoms. The number of thioether (sulfide) groups is 1. The monoisotopic (exact) mass is 260 g/mol. The zero-order valence-corrected chi connectivity index (χ0v) is 10.3. The fourth-order valence-electron chi connectivity index (χ4n) is 1.21. The van der Waals surface area contributed by atoms with Crippen LogP contribution in [0.1, 0.15) is 12.8 Å². The highest BCUT2D eigenvalue weighted by Gasteiger charge is 2.25. The molecule has 1 fully saturated rings. The van der Waals surface area contributed by atoms with Crippen LogP contribution in [0.25, 0.3) is 0 Å². The van der Waals surface area contributed by atoms with Gasteiger partial charge in [-0.1, -0.05) is 0 Å². The molecule has 16 heavy (non-hydrogen) atoms. The molecule has 0 atom stereocenters. The predicted molar refractivity (Wildman–Crippen MR) is 61.0 cm³/mol. The molecular weight excluding hydrogens is 248 g/mol. The van der Waals surface area contributed by atoms with Crippen LogP contribution in [0.3, 0.4) is 0 Å². The Morgan fingerprint density at radius 1 is 1.56 bits per heavy atom. The van der Waals surface area contributed by atoms with E-state index < -0.39 is 10.0 Å². The van der Waals surface area contributed by atoms with E-state index in [-0.39, 0.29) is 11.0 Å². The summed E-state index contributed by atoms with van der Waals surface area (Å²) in [6.45, 7) is 0. The number of ether oxygens (including phenoxy) is 1. The lowest BCUT2D eigenvalue weighted by Crippen LogP contribution is -2.14. The molecule has 1 aliphatic carbocycles. The molecule has 2 rings (SSSR count). The lowest BCUT2D eigenvalue weighted by molar-refractivity contribution is 0.300. The SMILES string of the molecule is CSc1ncc(OC2CC2)cc1S(N)(=O)=O. The number of aromatic nitrogens is 1. The second kappa shape index (κ2) is 4.23. The van der Waals surface area contributed by atoms with E-state index in [1.54, 1.807) is 6.26 Å². The molecule has 1 heterocycles. The van der Waals surface area contributed by atoms with E-state index in [0.29, 0.717) is 10.8 Å². The van der Waals surface area contributed by atoms with E-state index in [1.165, 1.54) is 24.0 Å². The molecule has 1 aromatic heterocycles. The maximum atomic E-state index is 11.3. The number of nitrogens with zero attached hydrogens (tertiary/aromatic N) is 1. The summed E-state index contributed by atoms with van der Waals surface area (Å²) in [4.78, 5) is 4.05. The zero-order chi connectivity index (χ0) is 11.8. The van der Waals surface area contributed by atoms with E-state index in [0.717, 1.165) is 12.8 Å². The van der Waals surface area contributed by atoms with Gasteiger partial charge in [0.05, 0.1) is 12.3 Å². The van der Waals surface area contributed by atoms with Crippen molar-refractivity contribution in [2.24, 2.45) is 5.14 Å². The number of nitrogens with two attached hydrogens (primary N) is 1. The van der Waals surface area contributed by atoms with E-state index in [1.807, 2.05) is 0 Å². The van der Waals surface area contributed by atoms with Crippen LogP contribution >= 0.6 is 11.8 Å². The van der Waals surface area contributed by atoms with Crippen molar-refractivity contribution in [1.82, 2.24) is 4.98 Å². The Morgan fingerprint density at radius 2 is 2.25 bits per heavy atom. The first-order chi connectivity index (χ1) is 7.50. The van der Waals surface area contributed by atoms with Gasteiger partial charge in [-0.05, 0) is 19.1 Å². The summed E-state index contributed by atoms with van der Waals surface area (Å²) in [5.41, 5.74) is 0. The Kier molecular flexibility index (Phi) is 3.09. The molecule has 88 valence electrons. The summed E-state index contributed by atoms with van der Waals surface area (Å²) in [5, 5.41) is 5.51. The Bertz CT molecular complexity index is 497. The Morgan fingerprint density at radius 3 is 2.75 bits per heavy atom. The average Bonchev–Trinajstić information content (AvgIpc) is 3.00. The molecular formula is C9H12N2O3S2. The highest BCUT2D eigenvalue weighted by atomic mass is 32.2. The second-order valence-corrected chi connectivity index (χ2v) is 5.87. The first-order valence-electron chi connectivity index (χ1n) is 4.74. The van der Waals surface area contributed by atoms with Crippen LogP contribution in [0.5, 0.6) is 5.75 Å². The van der Waals surface area contributed by atoms with Crippen molar-refractivity contribution in [2.75, 3.05) is 6.26 Å². The molecule has 1 aromatic rings. The lowest BCUT2D eigenvalue weighted by atomic mass is 10.4. The van der Waals surface area contributed by atoms with Crippen LogP contribution in [0.2, 0.25) is 0 Å². The third-order valence-electron chi connectivity index (χ3n) is 2.12. The minimum Gasteiger partial charge on any atom is -0.489 e. The van der Waals surface area contributed by atoms with Gasteiger partial charge in [-0.15, -0.1) is 11.8 Å². The summed E-state index contributed by atoms with van der Waals surface area (Å²) >= 11 is 1.24. The molecule has 0 bridgehead atoms. The molecule has 0 saturated heterocycles. The van der Waals surface area contributed by atoms with Gasteiger partial charge in [-0.25, -0.2) is 18.5 Å². The third-order valence-corrected chi connectivity index (χ3v) is 3.89. The maximum Gasteiger partial charge on any atom is 0.240 e. The van der Waals surface area contributed by atoms with E-state index in [2.05, 4.69) is 4.98 Å². The number of pyridine rings is 1. The second-order valence-electron chi connectivity index (χ2n) is 3.54. The highest BCUT2D eigenvalue weighted by Crippen LogP contribution is 2.30. The molecule has 0 spiro atoms. The van der Waals surface area contributed by atoms with Crippen molar-refractivity contribution in [3.63, 3.8) is 0 Å². The molecule has 1 saturated carbocycles. The smallest absolute Gasteiger partial charge is 0.240 e. The average molecular weight is 260 g/mol. The molecule has 5 nitrogen and oxygen atoms in total. The lowest BCUT2D eigenvalue weighted by Gasteiger charge is -2.08. The van der Waals surface area contributed by atoms with Gasteiger partial charge in [0, 0.05) is 6.07 Å². The highest BCUT2D eigenvalue weighted by molar-refractivity contribution is 7.99. The Labute approximate surface area is 98.4 Å². The Hall–Kier alpha value is -0.790. The first kappa shape index (κ1) is 11.7. The fourth-order valence-corrected chi connectivity index (χ4v) is 2.81. The van der Waals surface area contributed by atoms with E-state index in [9.17, 15) is 8.42 Å². The van der Waals surface area contributed by atoms with Gasteiger partial charge >= 0.3 is 0 Å². The van der Waals surface area contributed by atoms with E-state index in [4.69, 9.17) is 9.88 Å². The van der Waals surface area contributed by atoms with Crippen LogP contribution in [-0.4, -0.2) is 25.8 Å². The van der Waals surface area contributed by atoms with Crippen molar-refractivity contribution in [3.8, 4) is 5.75 Å².